The molecule has 0 radical (unpaired) electrons. The number of hydrogen-bond donors (Lipinski definition) is 2. The zero-order valence-corrected chi connectivity index (χ0v) is 11.9. The average molecular weight is 321 g/mol. The minimum Gasteiger partial charge on any atom is -0.383 e. The Kier molecular flexibility index (Phi) is 5.19. The maximum Gasteiger partial charge on any atom is 0.269 e. The molecular weight excluding hydrogens is 308 g/mol. The van der Waals surface area contributed by atoms with Crippen molar-refractivity contribution < 1.29 is 18.5 Å². The van der Waals surface area contributed by atoms with E-state index in [0.29, 0.717) is 12.2 Å². The fourth-order valence-electron chi connectivity index (χ4n) is 1.85. The first-order chi connectivity index (χ1) is 11.0. The highest BCUT2D eigenvalue weighted by atomic mass is 19.1. The molecule has 0 spiro atoms. The van der Waals surface area contributed by atoms with Gasteiger partial charge in [-0.3, -0.25) is 14.9 Å². The Balaban J connectivity index is 1.82. The van der Waals surface area contributed by atoms with Crippen molar-refractivity contribution in [2.45, 2.75) is 0 Å². The van der Waals surface area contributed by atoms with Crippen molar-refractivity contribution in [1.29, 1.82) is 0 Å². The van der Waals surface area contributed by atoms with Crippen LogP contribution in [0.15, 0.2) is 42.5 Å². The lowest BCUT2D eigenvalue weighted by atomic mass is 10.2. The molecule has 2 N–H and O–H groups in total. The van der Waals surface area contributed by atoms with Gasteiger partial charge in [-0.15, -0.1) is 0 Å². The van der Waals surface area contributed by atoms with Crippen LogP contribution in [0.4, 0.5) is 20.2 Å². The SMILES string of the molecule is O=C(NCCNc1ccc([N+](=O)[O-])cc1)c1cc(F)ccc1F. The smallest absolute Gasteiger partial charge is 0.269 e. The van der Waals surface area contributed by atoms with E-state index in [1.807, 2.05) is 0 Å². The second-order valence-electron chi connectivity index (χ2n) is 4.61. The highest BCUT2D eigenvalue weighted by Gasteiger charge is 2.12. The molecule has 0 bridgehead atoms. The number of carbonyl (C=O) groups excluding carboxylic acids is 1. The number of amides is 1. The van der Waals surface area contributed by atoms with E-state index in [2.05, 4.69) is 10.6 Å². The van der Waals surface area contributed by atoms with E-state index in [0.717, 1.165) is 18.2 Å². The summed E-state index contributed by atoms with van der Waals surface area (Å²) in [5.41, 5.74) is 0.257. The fourth-order valence-corrected chi connectivity index (χ4v) is 1.85. The average Bonchev–Trinajstić information content (AvgIpc) is 2.54. The van der Waals surface area contributed by atoms with Gasteiger partial charge in [0, 0.05) is 30.9 Å². The molecule has 0 heterocycles. The van der Waals surface area contributed by atoms with Gasteiger partial charge in [-0.05, 0) is 30.3 Å². The van der Waals surface area contributed by atoms with Gasteiger partial charge in [-0.2, -0.15) is 0 Å². The number of nitrogens with one attached hydrogen (secondary N) is 2. The second-order valence-corrected chi connectivity index (χ2v) is 4.61. The molecule has 2 rings (SSSR count). The molecule has 0 aliphatic heterocycles. The molecule has 2 aromatic rings. The van der Waals surface area contributed by atoms with Crippen molar-refractivity contribution >= 4 is 17.3 Å². The number of non-ortho nitro benzene ring substituents is 1. The van der Waals surface area contributed by atoms with Crippen LogP contribution in [0, 0.1) is 21.7 Å². The Morgan fingerprint density at radius 2 is 1.78 bits per heavy atom. The Morgan fingerprint density at radius 3 is 2.43 bits per heavy atom. The van der Waals surface area contributed by atoms with Crippen molar-refractivity contribution in [3.8, 4) is 0 Å². The molecule has 0 aliphatic rings. The Bertz CT molecular complexity index is 720. The molecule has 0 aliphatic carbocycles. The van der Waals surface area contributed by atoms with Gasteiger partial charge in [0.2, 0.25) is 0 Å². The summed E-state index contributed by atoms with van der Waals surface area (Å²) in [4.78, 5) is 21.7. The van der Waals surface area contributed by atoms with Gasteiger partial charge in [0.15, 0.2) is 0 Å². The summed E-state index contributed by atoms with van der Waals surface area (Å²) in [7, 11) is 0. The number of benzene rings is 2. The molecular formula is C15H13F2N3O3. The normalized spacial score (nSPS) is 10.2. The minimum atomic E-state index is -0.799. The number of hydrogen-bond acceptors (Lipinski definition) is 4. The molecule has 0 atom stereocenters. The maximum absolute atomic E-state index is 13.4. The van der Waals surface area contributed by atoms with E-state index >= 15 is 0 Å². The minimum absolute atomic E-state index is 0.0227. The van der Waals surface area contributed by atoms with Crippen molar-refractivity contribution in [1.82, 2.24) is 5.32 Å². The maximum atomic E-state index is 13.4. The predicted octanol–water partition coefficient (Wildman–Crippen LogP) is 2.71. The Hall–Kier alpha value is -3.03. The predicted molar refractivity (Wildman–Crippen MR) is 80.3 cm³/mol. The third kappa shape index (κ3) is 4.47. The molecule has 0 saturated heterocycles. The number of halogens is 2. The first kappa shape index (κ1) is 16.3. The molecule has 6 nitrogen and oxygen atoms in total. The second kappa shape index (κ2) is 7.30. The standard InChI is InChI=1S/C15H13F2N3O3/c16-10-1-6-14(17)13(9-10)15(21)19-8-7-18-11-2-4-12(5-3-11)20(22)23/h1-6,9,18H,7-8H2,(H,19,21). The molecule has 0 aromatic heterocycles. The number of nitro benzene ring substituents is 1. The van der Waals surface area contributed by atoms with Crippen LogP contribution in [-0.4, -0.2) is 23.9 Å². The van der Waals surface area contributed by atoms with Crippen LogP contribution in [0.1, 0.15) is 10.4 Å². The van der Waals surface area contributed by atoms with Gasteiger partial charge < -0.3 is 10.6 Å². The van der Waals surface area contributed by atoms with Crippen LogP contribution >= 0.6 is 0 Å². The quantitative estimate of drug-likeness (QED) is 0.487. The summed E-state index contributed by atoms with van der Waals surface area (Å²) in [6.07, 6.45) is 0. The van der Waals surface area contributed by atoms with Crippen LogP contribution in [0.2, 0.25) is 0 Å². The van der Waals surface area contributed by atoms with E-state index in [4.69, 9.17) is 0 Å². The van der Waals surface area contributed by atoms with Crippen LogP contribution < -0.4 is 10.6 Å². The van der Waals surface area contributed by atoms with Crippen LogP contribution in [0.25, 0.3) is 0 Å². The number of carbonyl (C=O) groups is 1. The van der Waals surface area contributed by atoms with Crippen LogP contribution in [0.5, 0.6) is 0 Å². The lowest BCUT2D eigenvalue weighted by molar-refractivity contribution is -0.384. The molecule has 120 valence electrons. The molecule has 0 fully saturated rings. The highest BCUT2D eigenvalue weighted by Crippen LogP contribution is 2.15. The van der Waals surface area contributed by atoms with E-state index in [9.17, 15) is 23.7 Å². The van der Waals surface area contributed by atoms with Crippen molar-refractivity contribution in [3.63, 3.8) is 0 Å². The summed E-state index contributed by atoms with van der Waals surface area (Å²) in [6.45, 7) is 0.492. The third-order valence-electron chi connectivity index (χ3n) is 2.99. The first-order valence-electron chi connectivity index (χ1n) is 6.69. The highest BCUT2D eigenvalue weighted by molar-refractivity contribution is 5.94. The monoisotopic (exact) mass is 321 g/mol. The molecule has 8 heteroatoms. The number of nitro groups is 1. The molecule has 23 heavy (non-hydrogen) atoms. The molecule has 2 aromatic carbocycles. The van der Waals surface area contributed by atoms with E-state index in [1.165, 1.54) is 24.3 Å². The number of rotatable bonds is 6. The van der Waals surface area contributed by atoms with E-state index < -0.39 is 22.5 Å². The third-order valence-corrected chi connectivity index (χ3v) is 2.99. The molecule has 0 unspecified atom stereocenters. The van der Waals surface area contributed by atoms with Crippen LogP contribution in [0.3, 0.4) is 0 Å². The summed E-state index contributed by atoms with van der Waals surface area (Å²) in [6, 6.07) is 8.42. The van der Waals surface area contributed by atoms with Gasteiger partial charge in [0.1, 0.15) is 11.6 Å². The summed E-state index contributed by atoms with van der Waals surface area (Å²) in [5, 5.41) is 15.9. The summed E-state index contributed by atoms with van der Waals surface area (Å²) < 4.78 is 26.4. The van der Waals surface area contributed by atoms with Crippen molar-refractivity contribution in [2.75, 3.05) is 18.4 Å². The largest absolute Gasteiger partial charge is 0.383 e. The number of anilines is 1. The molecule has 1 amide bonds. The fraction of sp³-hybridized carbons (Fsp3) is 0.133. The van der Waals surface area contributed by atoms with Crippen molar-refractivity contribution in [2.24, 2.45) is 0 Å². The van der Waals surface area contributed by atoms with E-state index in [-0.39, 0.29) is 17.8 Å². The van der Waals surface area contributed by atoms with E-state index in [1.54, 1.807) is 0 Å². The lowest BCUT2D eigenvalue weighted by Crippen LogP contribution is -2.29. The van der Waals surface area contributed by atoms with Crippen molar-refractivity contribution in [3.05, 3.63) is 69.8 Å². The van der Waals surface area contributed by atoms with Gasteiger partial charge in [0.25, 0.3) is 11.6 Å². The lowest BCUT2D eigenvalue weighted by Gasteiger charge is -2.08. The topological polar surface area (TPSA) is 84.3 Å². The van der Waals surface area contributed by atoms with Crippen LogP contribution in [-0.2, 0) is 0 Å². The number of nitrogens with zero attached hydrogens (tertiary/aromatic N) is 1. The zero-order valence-electron chi connectivity index (χ0n) is 11.9. The first-order valence-corrected chi connectivity index (χ1v) is 6.69. The van der Waals surface area contributed by atoms with Gasteiger partial charge >= 0.3 is 0 Å². The Morgan fingerprint density at radius 1 is 1.09 bits per heavy atom. The van der Waals surface area contributed by atoms with Gasteiger partial charge in [-0.1, -0.05) is 0 Å². The summed E-state index contributed by atoms with van der Waals surface area (Å²) in [5.74, 6) is -2.21. The summed E-state index contributed by atoms with van der Waals surface area (Å²) >= 11 is 0. The van der Waals surface area contributed by atoms with Gasteiger partial charge in [-0.25, -0.2) is 8.78 Å². The zero-order chi connectivity index (χ0) is 16.8. The van der Waals surface area contributed by atoms with Gasteiger partial charge in [0.05, 0.1) is 10.5 Å². The molecule has 0 saturated carbocycles. The Labute approximate surface area is 130 Å².